The molecule has 2 rings (SSSR count). The number of amides is 2. The van der Waals surface area contributed by atoms with Gasteiger partial charge in [0.2, 0.25) is 0 Å². The Kier molecular flexibility index (Phi) is 4.72. The highest BCUT2D eigenvalue weighted by Crippen LogP contribution is 2.22. The van der Waals surface area contributed by atoms with Crippen molar-refractivity contribution in [1.82, 2.24) is 4.90 Å². The molecule has 0 bridgehead atoms. The average Bonchev–Trinajstić information content (AvgIpc) is 2.66. The maximum Gasteiger partial charge on any atom is 0.269 e. The van der Waals surface area contributed by atoms with E-state index in [1.165, 1.54) is 4.90 Å². The van der Waals surface area contributed by atoms with Crippen LogP contribution in [0.1, 0.15) is 54.3 Å². The summed E-state index contributed by atoms with van der Waals surface area (Å²) in [6.45, 7) is 6.49. The summed E-state index contributed by atoms with van der Waals surface area (Å²) in [6.07, 6.45) is 1.96. The Bertz CT molecular complexity index is 528. The summed E-state index contributed by atoms with van der Waals surface area (Å²) in [5.41, 5.74) is 1.03. The summed E-state index contributed by atoms with van der Waals surface area (Å²) in [5.74, 6) is -0.340. The van der Waals surface area contributed by atoms with Crippen LogP contribution in [0.4, 0.5) is 0 Å². The molecule has 2 amide bonds. The van der Waals surface area contributed by atoms with Crippen molar-refractivity contribution >= 4 is 26.8 Å². The van der Waals surface area contributed by atoms with E-state index >= 15 is 0 Å². The van der Waals surface area contributed by atoms with Crippen LogP contribution in [0.15, 0.2) is 18.2 Å². The minimum absolute atomic E-state index is 0.153. The standard InChI is InChI=1S/C15H19NO3Si/c1-4-5-8-16-14(17)12-7-6-11(20-19-10(2)3)9-13(12)15(16)18/h6-7,9-10H,4-5,8H2,1-3H3. The van der Waals surface area contributed by atoms with E-state index in [2.05, 4.69) is 0 Å². The Morgan fingerprint density at radius 1 is 1.20 bits per heavy atom. The SMILES string of the molecule is CCCCN1C(=O)c2ccc([Si]OC(C)C)cc2C1=O. The predicted octanol–water partition coefficient (Wildman–Crippen LogP) is 1.75. The molecular weight excluding hydrogens is 270 g/mol. The lowest BCUT2D eigenvalue weighted by Crippen LogP contribution is -2.30. The van der Waals surface area contributed by atoms with Gasteiger partial charge < -0.3 is 4.43 Å². The third-order valence-corrected chi connectivity index (χ3v) is 4.25. The van der Waals surface area contributed by atoms with Gasteiger partial charge in [0.1, 0.15) is 0 Å². The molecule has 1 aliphatic rings. The van der Waals surface area contributed by atoms with Crippen LogP contribution < -0.4 is 5.19 Å². The molecule has 1 aromatic carbocycles. The second kappa shape index (κ2) is 6.32. The monoisotopic (exact) mass is 289 g/mol. The summed E-state index contributed by atoms with van der Waals surface area (Å²) in [7, 11) is 0.201. The smallest absolute Gasteiger partial charge is 0.269 e. The normalized spacial score (nSPS) is 14.3. The van der Waals surface area contributed by atoms with Crippen LogP contribution in [-0.4, -0.2) is 39.1 Å². The molecule has 0 aliphatic carbocycles. The molecule has 0 spiro atoms. The van der Waals surface area contributed by atoms with E-state index in [0.29, 0.717) is 17.7 Å². The first-order chi connectivity index (χ1) is 9.54. The van der Waals surface area contributed by atoms with Crippen LogP contribution in [0.5, 0.6) is 0 Å². The van der Waals surface area contributed by atoms with Gasteiger partial charge in [-0.3, -0.25) is 14.5 Å². The lowest BCUT2D eigenvalue weighted by atomic mass is 10.1. The van der Waals surface area contributed by atoms with Gasteiger partial charge in [0.15, 0.2) is 0 Å². The van der Waals surface area contributed by atoms with Crippen molar-refractivity contribution in [2.24, 2.45) is 0 Å². The molecule has 4 nitrogen and oxygen atoms in total. The number of benzene rings is 1. The minimum Gasteiger partial charge on any atom is -0.409 e. The van der Waals surface area contributed by atoms with E-state index in [4.69, 9.17) is 4.43 Å². The second-order valence-corrected chi connectivity index (χ2v) is 6.16. The van der Waals surface area contributed by atoms with E-state index in [1.807, 2.05) is 26.8 Å². The quantitative estimate of drug-likeness (QED) is 0.592. The summed E-state index contributed by atoms with van der Waals surface area (Å²) in [5, 5.41) is 0.955. The average molecular weight is 289 g/mol. The van der Waals surface area contributed by atoms with Gasteiger partial charge >= 0.3 is 0 Å². The highest BCUT2D eigenvalue weighted by atomic mass is 28.2. The Balaban J connectivity index is 2.18. The number of rotatable bonds is 6. The molecule has 1 aromatic rings. The van der Waals surface area contributed by atoms with Gasteiger partial charge in [-0.1, -0.05) is 19.4 Å². The van der Waals surface area contributed by atoms with Gasteiger partial charge in [-0.25, -0.2) is 0 Å². The fourth-order valence-corrected chi connectivity index (χ4v) is 2.79. The number of carbonyl (C=O) groups is 2. The molecule has 0 atom stereocenters. The molecule has 2 radical (unpaired) electrons. The van der Waals surface area contributed by atoms with Gasteiger partial charge in [0, 0.05) is 12.6 Å². The molecular formula is C15H19NO3Si. The number of hydrogen-bond acceptors (Lipinski definition) is 3. The molecule has 1 heterocycles. The number of unbranched alkanes of at least 4 members (excludes halogenated alkanes) is 1. The number of carbonyl (C=O) groups excluding carboxylic acids is 2. The van der Waals surface area contributed by atoms with Crippen molar-refractivity contribution in [2.45, 2.75) is 39.7 Å². The minimum atomic E-state index is -0.172. The molecule has 0 fully saturated rings. The largest absolute Gasteiger partial charge is 0.409 e. The first-order valence-corrected chi connectivity index (χ1v) is 7.87. The van der Waals surface area contributed by atoms with Gasteiger partial charge in [0.25, 0.3) is 21.6 Å². The zero-order valence-electron chi connectivity index (χ0n) is 12.1. The Morgan fingerprint density at radius 2 is 1.90 bits per heavy atom. The predicted molar refractivity (Wildman–Crippen MR) is 78.3 cm³/mol. The zero-order chi connectivity index (χ0) is 14.7. The molecule has 0 saturated carbocycles. The molecule has 0 N–H and O–H groups in total. The molecule has 0 saturated heterocycles. The number of hydrogen-bond donors (Lipinski definition) is 0. The number of fused-ring (bicyclic) bond motifs is 1. The van der Waals surface area contributed by atoms with Gasteiger partial charge in [-0.15, -0.1) is 0 Å². The summed E-state index contributed by atoms with van der Waals surface area (Å²) < 4.78 is 5.56. The van der Waals surface area contributed by atoms with Crippen LogP contribution in [0.3, 0.4) is 0 Å². The van der Waals surface area contributed by atoms with Gasteiger partial charge in [-0.2, -0.15) is 0 Å². The van der Waals surface area contributed by atoms with Gasteiger partial charge in [0.05, 0.1) is 11.1 Å². The second-order valence-electron chi connectivity index (χ2n) is 5.14. The van der Waals surface area contributed by atoms with Crippen LogP contribution in [0.2, 0.25) is 0 Å². The van der Waals surface area contributed by atoms with Crippen molar-refractivity contribution in [3.8, 4) is 0 Å². The van der Waals surface area contributed by atoms with Crippen LogP contribution in [-0.2, 0) is 4.43 Å². The third kappa shape index (κ3) is 2.99. The maximum absolute atomic E-state index is 12.3. The van der Waals surface area contributed by atoms with E-state index in [-0.39, 0.29) is 27.7 Å². The van der Waals surface area contributed by atoms with E-state index in [9.17, 15) is 9.59 Å². The first-order valence-electron chi connectivity index (χ1n) is 6.96. The molecule has 0 aromatic heterocycles. The lowest BCUT2D eigenvalue weighted by Gasteiger charge is -2.12. The molecule has 20 heavy (non-hydrogen) atoms. The fraction of sp³-hybridized carbons (Fsp3) is 0.467. The first kappa shape index (κ1) is 14.9. The fourth-order valence-electron chi connectivity index (χ4n) is 2.06. The van der Waals surface area contributed by atoms with E-state index in [0.717, 1.165) is 18.0 Å². The van der Waals surface area contributed by atoms with Crippen molar-refractivity contribution in [2.75, 3.05) is 6.54 Å². The van der Waals surface area contributed by atoms with Crippen molar-refractivity contribution in [1.29, 1.82) is 0 Å². The van der Waals surface area contributed by atoms with Gasteiger partial charge in [-0.05, 0) is 37.6 Å². The Labute approximate surface area is 122 Å². The summed E-state index contributed by atoms with van der Waals surface area (Å²) in [6, 6.07) is 5.41. The molecule has 5 heteroatoms. The van der Waals surface area contributed by atoms with Crippen molar-refractivity contribution < 1.29 is 14.0 Å². The summed E-state index contributed by atoms with van der Waals surface area (Å²) in [4.78, 5) is 25.8. The number of nitrogens with zero attached hydrogens (tertiary/aromatic N) is 1. The highest BCUT2D eigenvalue weighted by Gasteiger charge is 2.34. The van der Waals surface area contributed by atoms with Crippen molar-refractivity contribution in [3.05, 3.63) is 29.3 Å². The van der Waals surface area contributed by atoms with E-state index in [1.54, 1.807) is 12.1 Å². The van der Waals surface area contributed by atoms with Crippen LogP contribution >= 0.6 is 0 Å². The highest BCUT2D eigenvalue weighted by molar-refractivity contribution is 6.47. The maximum atomic E-state index is 12.3. The molecule has 0 unspecified atom stereocenters. The third-order valence-electron chi connectivity index (χ3n) is 3.12. The number of imide groups is 1. The Morgan fingerprint density at radius 3 is 2.55 bits per heavy atom. The van der Waals surface area contributed by atoms with E-state index < -0.39 is 0 Å². The molecule has 106 valence electrons. The molecule has 1 aliphatic heterocycles. The van der Waals surface area contributed by atoms with Crippen LogP contribution in [0, 0.1) is 0 Å². The van der Waals surface area contributed by atoms with Crippen molar-refractivity contribution in [3.63, 3.8) is 0 Å². The lowest BCUT2D eigenvalue weighted by molar-refractivity contribution is 0.0652. The zero-order valence-corrected chi connectivity index (χ0v) is 13.1. The van der Waals surface area contributed by atoms with Crippen LogP contribution in [0.25, 0.3) is 0 Å². The summed E-state index contributed by atoms with van der Waals surface area (Å²) >= 11 is 0. The Hall–Kier alpha value is -1.46. The topological polar surface area (TPSA) is 46.6 Å².